The summed E-state index contributed by atoms with van der Waals surface area (Å²) in [4.78, 5) is 4.78. The Morgan fingerprint density at radius 1 is 0.260 bits per heavy atom. The second-order valence-corrected chi connectivity index (χ2v) is 27.1. The molecule has 0 aliphatic rings. The number of hydrogen-bond donors (Lipinski definition) is 0. The van der Waals surface area contributed by atoms with Gasteiger partial charge in [-0.3, -0.25) is 0 Å². The summed E-state index contributed by atoms with van der Waals surface area (Å²) in [6.07, 6.45) is 0. The fourth-order valence-corrected chi connectivity index (χ4v) is 20.1. The van der Waals surface area contributed by atoms with E-state index in [0.29, 0.717) is 0 Å². The second kappa shape index (κ2) is 18.0. The zero-order valence-corrected chi connectivity index (χ0v) is 43.5. The van der Waals surface area contributed by atoms with Crippen molar-refractivity contribution in [2.45, 2.75) is 51.6 Å². The van der Waals surface area contributed by atoms with Crippen LogP contribution in [-0.4, -0.2) is 17.2 Å². The number of aromatic nitrogens is 2. The van der Waals surface area contributed by atoms with Crippen LogP contribution in [0.1, 0.15) is 41.5 Å². The molecule has 4 nitrogen and oxygen atoms in total. The summed E-state index contributed by atoms with van der Waals surface area (Å²) in [6.45, 7) is 14.8. The minimum absolute atomic E-state index is 0.0300. The first kappa shape index (κ1) is 45.7. The van der Waals surface area contributed by atoms with Crippen LogP contribution in [0.5, 0.6) is 0 Å². The summed E-state index contributed by atoms with van der Waals surface area (Å²) in [5, 5.41) is 7.86. The highest BCUT2D eigenvalue weighted by Gasteiger charge is 2.55. The van der Waals surface area contributed by atoms with Crippen molar-refractivity contribution in [1.82, 2.24) is 9.13 Å². The van der Waals surface area contributed by atoms with Gasteiger partial charge < -0.3 is 18.9 Å². The predicted molar refractivity (Wildman–Crippen MR) is 315 cm³/mol. The molecule has 2 heterocycles. The molecule has 0 fully saturated rings. The monoisotopic (exact) mass is 960 g/mol. The van der Waals surface area contributed by atoms with Gasteiger partial charge in [0.05, 0.1) is 22.1 Å². The van der Waals surface area contributed by atoms with Crippen molar-refractivity contribution < 1.29 is 0 Å². The Kier molecular flexibility index (Phi) is 11.3. The van der Waals surface area contributed by atoms with Gasteiger partial charge in [0.1, 0.15) is 8.07 Å². The van der Waals surface area contributed by atoms with Crippen LogP contribution in [0.3, 0.4) is 0 Å². The molecule has 10 aromatic carbocycles. The fourth-order valence-electron chi connectivity index (χ4n) is 12.7. The van der Waals surface area contributed by atoms with Crippen molar-refractivity contribution >= 4 is 96.2 Å². The van der Waals surface area contributed by atoms with Gasteiger partial charge in [-0.15, -0.1) is 0 Å². The third-order valence-corrected chi connectivity index (χ3v) is 22.2. The van der Waals surface area contributed by atoms with Crippen LogP contribution in [0.2, 0.25) is 10.1 Å². The maximum absolute atomic E-state index is 2.59. The molecule has 0 aliphatic carbocycles. The van der Waals surface area contributed by atoms with Gasteiger partial charge in [0.25, 0.3) is 0 Å². The molecule has 0 saturated heterocycles. The van der Waals surface area contributed by atoms with Gasteiger partial charge in [0.2, 0.25) is 0 Å². The van der Waals surface area contributed by atoms with Gasteiger partial charge in [0, 0.05) is 67.0 Å². The molecular weight excluding hydrogens is 901 g/mol. The van der Waals surface area contributed by atoms with Crippen LogP contribution < -0.4 is 20.2 Å². The summed E-state index contributed by atoms with van der Waals surface area (Å²) in [6, 6.07) is 93.7. The smallest absolute Gasteiger partial charge is 0.128 e. The first-order valence-corrected chi connectivity index (χ1v) is 27.6. The largest absolute Gasteiger partial charge is 0.311 e. The van der Waals surface area contributed by atoms with Crippen LogP contribution in [0, 0.1) is 0 Å². The van der Waals surface area contributed by atoms with Gasteiger partial charge in [-0.25, -0.2) is 0 Å². The van der Waals surface area contributed by atoms with Gasteiger partial charge in [-0.1, -0.05) is 185 Å². The summed E-state index contributed by atoms with van der Waals surface area (Å²) >= 11 is 0. The van der Waals surface area contributed by atoms with E-state index in [1.165, 1.54) is 54.0 Å². The Balaban J connectivity index is 0.912. The van der Waals surface area contributed by atoms with Gasteiger partial charge in [-0.2, -0.15) is 0 Å². The number of hydrogen-bond acceptors (Lipinski definition) is 2. The van der Waals surface area contributed by atoms with E-state index >= 15 is 0 Å². The Morgan fingerprint density at radius 2 is 0.493 bits per heavy atom. The van der Waals surface area contributed by atoms with Gasteiger partial charge >= 0.3 is 0 Å². The summed E-state index contributed by atoms with van der Waals surface area (Å²) in [7, 11) is -2.59. The lowest BCUT2D eigenvalue weighted by molar-refractivity contribution is 0.636. The van der Waals surface area contributed by atoms with E-state index in [1.807, 2.05) is 0 Å². The highest BCUT2D eigenvalue weighted by atomic mass is 28.3. The molecule has 0 saturated carbocycles. The van der Waals surface area contributed by atoms with E-state index in [2.05, 4.69) is 315 Å². The van der Waals surface area contributed by atoms with Crippen LogP contribution in [0.15, 0.2) is 255 Å². The molecule has 73 heavy (non-hydrogen) atoms. The molecule has 0 aliphatic heterocycles. The van der Waals surface area contributed by atoms with Crippen molar-refractivity contribution in [1.29, 1.82) is 0 Å². The number of anilines is 6. The number of rotatable bonds is 10. The highest BCUT2D eigenvalue weighted by Crippen LogP contribution is 2.51. The molecule has 0 N–H and O–H groups in total. The zero-order valence-electron chi connectivity index (χ0n) is 42.5. The average molecular weight is 961 g/mol. The quantitative estimate of drug-likeness (QED) is 0.127. The van der Waals surface area contributed by atoms with E-state index in [1.54, 1.807) is 0 Å². The topological polar surface area (TPSA) is 16.3 Å². The average Bonchev–Trinajstić information content (AvgIpc) is 3.93. The number of benzene rings is 10. The fraction of sp³-hybridized carbons (Fsp3) is 0.118. The van der Waals surface area contributed by atoms with E-state index in [4.69, 9.17) is 0 Å². The molecule has 0 amide bonds. The van der Waals surface area contributed by atoms with Gasteiger partial charge in [-0.05, 0) is 131 Å². The molecule has 0 spiro atoms. The van der Waals surface area contributed by atoms with Crippen molar-refractivity contribution in [3.63, 3.8) is 0 Å². The van der Waals surface area contributed by atoms with E-state index in [9.17, 15) is 0 Å². The van der Waals surface area contributed by atoms with E-state index in [0.717, 1.165) is 45.5 Å². The summed E-state index contributed by atoms with van der Waals surface area (Å²) < 4.78 is 4.77. The number of nitrogens with zero attached hydrogens (tertiary/aromatic N) is 4. The van der Waals surface area contributed by atoms with Crippen LogP contribution in [-0.2, 0) is 0 Å². The molecule has 0 bridgehead atoms. The van der Waals surface area contributed by atoms with Crippen LogP contribution in [0.4, 0.5) is 34.1 Å². The molecule has 0 unspecified atom stereocenters. The van der Waals surface area contributed by atoms with Crippen LogP contribution >= 0.6 is 0 Å². The Morgan fingerprint density at radius 3 is 0.767 bits per heavy atom. The first-order valence-electron chi connectivity index (χ1n) is 25.6. The molecule has 0 radical (unpaired) electrons. The number of fused-ring (bicyclic) bond motifs is 6. The third kappa shape index (κ3) is 7.66. The van der Waals surface area contributed by atoms with Crippen LogP contribution in [0.25, 0.3) is 55.0 Å². The number of para-hydroxylation sites is 6. The third-order valence-electron chi connectivity index (χ3n) is 15.3. The Labute approximate surface area is 430 Å². The van der Waals surface area contributed by atoms with Gasteiger partial charge in [0.15, 0.2) is 0 Å². The lowest BCUT2D eigenvalue weighted by atomic mass is 10.1. The first-order chi connectivity index (χ1) is 35.5. The predicted octanol–water partition coefficient (Wildman–Crippen LogP) is 18.0. The molecule has 12 rings (SSSR count). The lowest BCUT2D eigenvalue weighted by Gasteiger charge is -2.53. The minimum atomic E-state index is -2.59. The highest BCUT2D eigenvalue weighted by molar-refractivity contribution is 7.06. The van der Waals surface area contributed by atoms with Crippen molar-refractivity contribution in [2.75, 3.05) is 9.80 Å². The van der Waals surface area contributed by atoms with E-state index in [-0.39, 0.29) is 10.1 Å². The maximum atomic E-state index is 2.47. The van der Waals surface area contributed by atoms with Crippen molar-refractivity contribution in [2.24, 2.45) is 0 Å². The summed E-state index contributed by atoms with van der Waals surface area (Å²) in [5.74, 6) is 0. The standard InChI is InChI=1S/C68H60N4Si/c1-67(2,3)73(68(4,5)6,57-45-41-53(42-46-57)69(49-21-9-7-10-22-49)51-33-37-55(38-34-51)71-63-29-17-13-25-59(63)60-26-14-18-30-64(60)71)58-47-43-54(44-48-58)70(50-23-11-8-12-24-50)52-35-39-56(40-36-52)72-65-31-19-15-27-61(65)62-28-16-20-32-66(62)72/h7-48H,1-6H3. The van der Waals surface area contributed by atoms with E-state index < -0.39 is 8.07 Å². The molecular formula is C68H60N4Si. The lowest BCUT2D eigenvalue weighted by Crippen LogP contribution is -2.69. The Bertz CT molecular complexity index is 3530. The zero-order chi connectivity index (χ0) is 49.9. The molecule has 2 aromatic heterocycles. The molecule has 5 heteroatoms. The second-order valence-electron chi connectivity index (χ2n) is 21.5. The molecule has 12 aromatic rings. The molecule has 0 atom stereocenters. The SMILES string of the molecule is CC(C)(C)[Si](c1ccc(N(c2ccccc2)c2ccc(-n3c4ccccc4c4ccccc43)cc2)cc1)(c1ccc(N(c2ccccc2)c2ccc(-n3c4ccccc4c4ccccc43)cc2)cc1)C(C)(C)C. The maximum Gasteiger partial charge on any atom is 0.128 e. The summed E-state index contributed by atoms with van der Waals surface area (Å²) in [5.41, 5.74) is 13.8. The normalized spacial score (nSPS) is 12.2. The molecule has 356 valence electrons. The minimum Gasteiger partial charge on any atom is -0.311 e. The Hall–Kier alpha value is -8.38. The van der Waals surface area contributed by atoms with Crippen molar-refractivity contribution in [3.05, 3.63) is 255 Å². The van der Waals surface area contributed by atoms with Crippen molar-refractivity contribution in [3.8, 4) is 11.4 Å².